The average molecular weight is 210 g/mol. The molecule has 3 nitrogen and oxygen atoms in total. The Kier molecular flexibility index (Phi) is 2.89. The number of nitrogens with zero attached hydrogens (tertiary/aromatic N) is 1. The van der Waals surface area contributed by atoms with Gasteiger partial charge in [0.15, 0.2) is 0 Å². The van der Waals surface area contributed by atoms with Crippen molar-refractivity contribution in [2.45, 2.75) is 52.0 Å². The molecule has 0 aromatic rings. The largest absolute Gasteiger partial charge is 0.338 e. The Balaban J connectivity index is 2.09. The number of nitrogens with one attached hydrogen (secondary N) is 1. The first-order chi connectivity index (χ1) is 7.11. The maximum Gasteiger partial charge on any atom is 0.317 e. The number of carbonyl (C=O) groups excluding carboxylic acids is 1. The van der Waals surface area contributed by atoms with E-state index in [1.165, 1.54) is 25.7 Å². The van der Waals surface area contributed by atoms with Crippen LogP contribution in [0.2, 0.25) is 0 Å². The van der Waals surface area contributed by atoms with Gasteiger partial charge in [0, 0.05) is 19.1 Å². The van der Waals surface area contributed by atoms with E-state index in [4.69, 9.17) is 0 Å². The lowest BCUT2D eigenvalue weighted by Gasteiger charge is -2.46. The standard InChI is InChI=1S/C12H22N2O/c1-12(2)7-4-3-6-10(12)14-9-5-8-13-11(14)15/h10H,3-9H2,1-2H3,(H,13,15). The summed E-state index contributed by atoms with van der Waals surface area (Å²) >= 11 is 0. The molecule has 0 aromatic heterocycles. The Morgan fingerprint density at radius 2 is 2.13 bits per heavy atom. The minimum atomic E-state index is 0.154. The zero-order valence-corrected chi connectivity index (χ0v) is 9.88. The van der Waals surface area contributed by atoms with Crippen molar-refractivity contribution in [1.82, 2.24) is 10.2 Å². The Morgan fingerprint density at radius 3 is 2.80 bits per heavy atom. The average Bonchev–Trinajstić information content (AvgIpc) is 2.19. The van der Waals surface area contributed by atoms with Crippen LogP contribution < -0.4 is 5.32 Å². The van der Waals surface area contributed by atoms with Crippen LogP contribution in [0.3, 0.4) is 0 Å². The van der Waals surface area contributed by atoms with Crippen LogP contribution >= 0.6 is 0 Å². The van der Waals surface area contributed by atoms with Crippen molar-refractivity contribution in [1.29, 1.82) is 0 Å². The van der Waals surface area contributed by atoms with Crippen LogP contribution in [0.15, 0.2) is 0 Å². The van der Waals surface area contributed by atoms with Gasteiger partial charge >= 0.3 is 6.03 Å². The molecule has 2 fully saturated rings. The molecule has 0 radical (unpaired) electrons. The lowest BCUT2D eigenvalue weighted by molar-refractivity contribution is 0.0630. The highest BCUT2D eigenvalue weighted by Gasteiger charge is 2.38. The molecule has 1 N–H and O–H groups in total. The zero-order chi connectivity index (χ0) is 10.9. The lowest BCUT2D eigenvalue weighted by atomic mass is 9.72. The fourth-order valence-electron chi connectivity index (χ4n) is 3.00. The quantitative estimate of drug-likeness (QED) is 0.708. The third kappa shape index (κ3) is 2.11. The molecule has 1 saturated carbocycles. The Bertz CT molecular complexity index is 250. The van der Waals surface area contributed by atoms with Gasteiger partial charge in [-0.15, -0.1) is 0 Å². The van der Waals surface area contributed by atoms with Crippen LogP contribution in [0.25, 0.3) is 0 Å². The monoisotopic (exact) mass is 210 g/mol. The van der Waals surface area contributed by atoms with Crippen molar-refractivity contribution in [3.8, 4) is 0 Å². The summed E-state index contributed by atoms with van der Waals surface area (Å²) in [6.07, 6.45) is 6.12. The summed E-state index contributed by atoms with van der Waals surface area (Å²) in [5, 5.41) is 2.95. The molecular weight excluding hydrogens is 188 g/mol. The molecule has 1 heterocycles. The van der Waals surface area contributed by atoms with Gasteiger partial charge in [0.05, 0.1) is 0 Å². The lowest BCUT2D eigenvalue weighted by Crippen LogP contribution is -2.56. The van der Waals surface area contributed by atoms with E-state index in [0.29, 0.717) is 11.5 Å². The van der Waals surface area contributed by atoms with Gasteiger partial charge in [-0.3, -0.25) is 0 Å². The molecule has 86 valence electrons. The number of hydrogen-bond donors (Lipinski definition) is 1. The SMILES string of the molecule is CC1(C)CCCCC1N1CCCNC1=O. The summed E-state index contributed by atoms with van der Waals surface area (Å²) in [5.41, 5.74) is 0.299. The van der Waals surface area contributed by atoms with Crippen LogP contribution in [-0.4, -0.2) is 30.1 Å². The first-order valence-electron chi connectivity index (χ1n) is 6.16. The van der Waals surface area contributed by atoms with Crippen LogP contribution in [0.1, 0.15) is 46.0 Å². The zero-order valence-electron chi connectivity index (χ0n) is 9.88. The fraction of sp³-hybridized carbons (Fsp3) is 0.917. The van der Waals surface area contributed by atoms with Gasteiger partial charge in [0.2, 0.25) is 0 Å². The van der Waals surface area contributed by atoms with Crippen molar-refractivity contribution >= 4 is 6.03 Å². The highest BCUT2D eigenvalue weighted by Crippen LogP contribution is 2.38. The van der Waals surface area contributed by atoms with E-state index in [-0.39, 0.29) is 6.03 Å². The van der Waals surface area contributed by atoms with E-state index in [1.807, 2.05) is 0 Å². The molecule has 2 amide bonds. The highest BCUT2D eigenvalue weighted by atomic mass is 16.2. The smallest absolute Gasteiger partial charge is 0.317 e. The maximum absolute atomic E-state index is 11.8. The molecule has 1 saturated heterocycles. The topological polar surface area (TPSA) is 32.3 Å². The Labute approximate surface area is 92.2 Å². The van der Waals surface area contributed by atoms with Crippen molar-refractivity contribution < 1.29 is 4.79 Å². The van der Waals surface area contributed by atoms with Gasteiger partial charge in [0.1, 0.15) is 0 Å². The summed E-state index contributed by atoms with van der Waals surface area (Å²) in [4.78, 5) is 13.9. The van der Waals surface area contributed by atoms with Gasteiger partial charge in [-0.25, -0.2) is 4.79 Å². The summed E-state index contributed by atoms with van der Waals surface area (Å²) in [5.74, 6) is 0. The second-order valence-electron chi connectivity index (χ2n) is 5.53. The van der Waals surface area contributed by atoms with Crippen LogP contribution in [-0.2, 0) is 0 Å². The first-order valence-corrected chi connectivity index (χ1v) is 6.16. The number of urea groups is 1. The molecule has 0 bridgehead atoms. The van der Waals surface area contributed by atoms with Gasteiger partial charge in [-0.05, 0) is 24.7 Å². The molecule has 2 rings (SSSR count). The van der Waals surface area contributed by atoms with Gasteiger partial charge < -0.3 is 10.2 Å². The van der Waals surface area contributed by atoms with E-state index >= 15 is 0 Å². The predicted molar refractivity (Wildman–Crippen MR) is 60.8 cm³/mol. The van der Waals surface area contributed by atoms with E-state index in [2.05, 4.69) is 24.1 Å². The van der Waals surface area contributed by atoms with E-state index in [0.717, 1.165) is 19.5 Å². The van der Waals surface area contributed by atoms with E-state index in [9.17, 15) is 4.79 Å². The molecule has 0 aromatic carbocycles. The molecule has 1 atom stereocenters. The van der Waals surface area contributed by atoms with Gasteiger partial charge in [0.25, 0.3) is 0 Å². The molecule has 2 aliphatic rings. The molecule has 3 heteroatoms. The molecule has 0 spiro atoms. The molecule has 1 aliphatic carbocycles. The normalized spacial score (nSPS) is 31.2. The third-order valence-corrected chi connectivity index (χ3v) is 3.94. The second kappa shape index (κ2) is 4.03. The fourth-order valence-corrected chi connectivity index (χ4v) is 3.00. The minimum Gasteiger partial charge on any atom is -0.338 e. The first kappa shape index (κ1) is 10.8. The molecule has 15 heavy (non-hydrogen) atoms. The molecule has 1 aliphatic heterocycles. The molecular formula is C12H22N2O. The highest BCUT2D eigenvalue weighted by molar-refractivity contribution is 5.75. The summed E-state index contributed by atoms with van der Waals surface area (Å²) in [7, 11) is 0. The number of rotatable bonds is 1. The minimum absolute atomic E-state index is 0.154. The van der Waals surface area contributed by atoms with Gasteiger partial charge in [-0.1, -0.05) is 26.7 Å². The van der Waals surface area contributed by atoms with Gasteiger partial charge in [-0.2, -0.15) is 0 Å². The third-order valence-electron chi connectivity index (χ3n) is 3.94. The second-order valence-corrected chi connectivity index (χ2v) is 5.53. The summed E-state index contributed by atoms with van der Waals surface area (Å²) in [6.45, 7) is 6.40. The van der Waals surface area contributed by atoms with E-state index < -0.39 is 0 Å². The Hall–Kier alpha value is -0.730. The van der Waals surface area contributed by atoms with E-state index in [1.54, 1.807) is 0 Å². The van der Waals surface area contributed by atoms with Crippen LogP contribution in [0, 0.1) is 5.41 Å². The van der Waals surface area contributed by atoms with Crippen molar-refractivity contribution in [2.75, 3.05) is 13.1 Å². The van der Waals surface area contributed by atoms with Crippen molar-refractivity contribution in [2.24, 2.45) is 5.41 Å². The predicted octanol–water partition coefficient (Wildman–Crippen LogP) is 2.37. The summed E-state index contributed by atoms with van der Waals surface area (Å²) in [6, 6.07) is 0.604. The maximum atomic E-state index is 11.8. The summed E-state index contributed by atoms with van der Waals surface area (Å²) < 4.78 is 0. The van der Waals surface area contributed by atoms with Crippen molar-refractivity contribution in [3.63, 3.8) is 0 Å². The number of amides is 2. The molecule has 1 unspecified atom stereocenters. The number of carbonyl (C=O) groups is 1. The number of hydrogen-bond acceptors (Lipinski definition) is 1. The van der Waals surface area contributed by atoms with Crippen LogP contribution in [0.4, 0.5) is 4.79 Å². The van der Waals surface area contributed by atoms with Crippen LogP contribution in [0.5, 0.6) is 0 Å². The van der Waals surface area contributed by atoms with Crippen molar-refractivity contribution in [3.05, 3.63) is 0 Å². The Morgan fingerprint density at radius 1 is 1.33 bits per heavy atom.